The van der Waals surface area contributed by atoms with Gasteiger partial charge in [-0.05, 0) is 24.4 Å². The highest BCUT2D eigenvalue weighted by Crippen LogP contribution is 2.26. The van der Waals surface area contributed by atoms with Gasteiger partial charge in [0, 0.05) is 12.4 Å². The molecule has 9 heteroatoms. The van der Waals surface area contributed by atoms with Gasteiger partial charge in [0.2, 0.25) is 11.8 Å². The standard InChI is InChI=1S/C15H12N6O2S/c1-9-10(17-13(23-9)11-4-2-7-24-11)8-12(22)18-14-19-15-16-5-3-6-21(15)20-14/h2-7H,8H2,1H3,(H,18,20,22). The summed E-state index contributed by atoms with van der Waals surface area (Å²) in [5.41, 5.74) is 0.595. The van der Waals surface area contributed by atoms with E-state index >= 15 is 0 Å². The average Bonchev–Trinajstić information content (AvgIpc) is 3.27. The van der Waals surface area contributed by atoms with E-state index in [2.05, 4.69) is 25.4 Å². The minimum atomic E-state index is -0.264. The largest absolute Gasteiger partial charge is 0.440 e. The van der Waals surface area contributed by atoms with Crippen molar-refractivity contribution < 1.29 is 9.21 Å². The molecule has 0 bridgehead atoms. The number of anilines is 1. The lowest BCUT2D eigenvalue weighted by molar-refractivity contribution is -0.115. The van der Waals surface area contributed by atoms with E-state index in [0.717, 1.165) is 4.88 Å². The monoisotopic (exact) mass is 340 g/mol. The quantitative estimate of drug-likeness (QED) is 0.612. The van der Waals surface area contributed by atoms with E-state index in [1.807, 2.05) is 17.5 Å². The zero-order chi connectivity index (χ0) is 16.5. The first-order valence-electron chi connectivity index (χ1n) is 7.16. The number of aryl methyl sites for hydroxylation is 1. The van der Waals surface area contributed by atoms with Crippen molar-refractivity contribution in [3.63, 3.8) is 0 Å². The number of hydrogen-bond acceptors (Lipinski definition) is 7. The fourth-order valence-electron chi connectivity index (χ4n) is 2.20. The summed E-state index contributed by atoms with van der Waals surface area (Å²) in [6.45, 7) is 1.79. The third-order valence-electron chi connectivity index (χ3n) is 3.32. The van der Waals surface area contributed by atoms with Crippen molar-refractivity contribution in [1.82, 2.24) is 24.6 Å². The summed E-state index contributed by atoms with van der Waals surface area (Å²) in [6, 6.07) is 5.58. The summed E-state index contributed by atoms with van der Waals surface area (Å²) in [5, 5.41) is 8.73. The third kappa shape index (κ3) is 2.76. The Hall–Kier alpha value is -3.07. The maximum Gasteiger partial charge on any atom is 0.253 e. The van der Waals surface area contributed by atoms with Crippen molar-refractivity contribution in [2.24, 2.45) is 0 Å². The van der Waals surface area contributed by atoms with Crippen LogP contribution in [0.25, 0.3) is 16.5 Å². The summed E-state index contributed by atoms with van der Waals surface area (Å²) in [6.07, 6.45) is 3.41. The number of rotatable bonds is 4. The van der Waals surface area contributed by atoms with Crippen LogP contribution in [0.15, 0.2) is 40.4 Å². The molecular formula is C15H12N6O2S. The average molecular weight is 340 g/mol. The topological polar surface area (TPSA) is 98.2 Å². The van der Waals surface area contributed by atoms with Crippen molar-refractivity contribution >= 4 is 29.0 Å². The van der Waals surface area contributed by atoms with E-state index in [9.17, 15) is 4.79 Å². The Morgan fingerprint density at radius 1 is 1.38 bits per heavy atom. The van der Waals surface area contributed by atoms with E-state index in [1.165, 1.54) is 15.9 Å². The van der Waals surface area contributed by atoms with Crippen LogP contribution < -0.4 is 5.32 Å². The highest BCUT2D eigenvalue weighted by atomic mass is 32.1. The van der Waals surface area contributed by atoms with E-state index in [0.29, 0.717) is 23.1 Å². The second kappa shape index (κ2) is 5.85. The first-order chi connectivity index (χ1) is 11.7. The first kappa shape index (κ1) is 14.5. The molecule has 0 aromatic carbocycles. The van der Waals surface area contributed by atoms with Crippen LogP contribution in [0.4, 0.5) is 5.95 Å². The lowest BCUT2D eigenvalue weighted by Gasteiger charge is -1.98. The normalized spacial score (nSPS) is 11.0. The molecule has 0 radical (unpaired) electrons. The molecule has 4 aromatic rings. The Kier molecular flexibility index (Phi) is 3.54. The van der Waals surface area contributed by atoms with Crippen LogP contribution in [0, 0.1) is 6.92 Å². The number of hydrogen-bond donors (Lipinski definition) is 1. The number of amides is 1. The van der Waals surface area contributed by atoms with E-state index < -0.39 is 0 Å². The Morgan fingerprint density at radius 2 is 2.29 bits per heavy atom. The molecule has 0 atom stereocenters. The van der Waals surface area contributed by atoms with Gasteiger partial charge in [0.15, 0.2) is 0 Å². The molecule has 0 aliphatic heterocycles. The second-order valence-electron chi connectivity index (χ2n) is 5.02. The number of fused-ring (bicyclic) bond motifs is 1. The molecule has 4 heterocycles. The zero-order valence-electron chi connectivity index (χ0n) is 12.6. The number of oxazole rings is 1. The van der Waals surface area contributed by atoms with E-state index in [4.69, 9.17) is 4.42 Å². The van der Waals surface area contributed by atoms with Gasteiger partial charge in [0.05, 0.1) is 17.0 Å². The molecule has 0 fully saturated rings. The van der Waals surface area contributed by atoms with Crippen molar-refractivity contribution in [3.05, 3.63) is 47.4 Å². The summed E-state index contributed by atoms with van der Waals surface area (Å²) >= 11 is 1.54. The molecule has 0 unspecified atom stereocenters. The lowest BCUT2D eigenvalue weighted by Crippen LogP contribution is -2.16. The van der Waals surface area contributed by atoms with Crippen molar-refractivity contribution in [2.75, 3.05) is 5.32 Å². The molecular weight excluding hydrogens is 328 g/mol. The van der Waals surface area contributed by atoms with Gasteiger partial charge in [-0.2, -0.15) is 4.98 Å². The number of aromatic nitrogens is 5. The van der Waals surface area contributed by atoms with Crippen LogP contribution in [0.3, 0.4) is 0 Å². The fraction of sp³-hybridized carbons (Fsp3) is 0.133. The van der Waals surface area contributed by atoms with Gasteiger partial charge in [0.25, 0.3) is 11.7 Å². The van der Waals surface area contributed by atoms with Crippen LogP contribution in [0.2, 0.25) is 0 Å². The number of carbonyl (C=O) groups excluding carboxylic acids is 1. The molecule has 0 aliphatic rings. The molecule has 0 aliphatic carbocycles. The van der Waals surface area contributed by atoms with Crippen LogP contribution in [-0.2, 0) is 11.2 Å². The maximum absolute atomic E-state index is 12.2. The predicted molar refractivity (Wildman–Crippen MR) is 87.7 cm³/mol. The minimum absolute atomic E-state index is 0.0870. The highest BCUT2D eigenvalue weighted by molar-refractivity contribution is 7.13. The molecule has 8 nitrogen and oxygen atoms in total. The van der Waals surface area contributed by atoms with Crippen LogP contribution >= 0.6 is 11.3 Å². The summed E-state index contributed by atoms with van der Waals surface area (Å²) in [7, 11) is 0. The van der Waals surface area contributed by atoms with Gasteiger partial charge < -0.3 is 4.42 Å². The van der Waals surface area contributed by atoms with Gasteiger partial charge >= 0.3 is 0 Å². The number of thiophene rings is 1. The van der Waals surface area contributed by atoms with Crippen molar-refractivity contribution in [2.45, 2.75) is 13.3 Å². The summed E-state index contributed by atoms with van der Waals surface area (Å²) in [5.74, 6) is 1.52. The van der Waals surface area contributed by atoms with Crippen LogP contribution in [-0.4, -0.2) is 30.5 Å². The van der Waals surface area contributed by atoms with Gasteiger partial charge in [-0.15, -0.1) is 16.4 Å². The maximum atomic E-state index is 12.2. The number of nitrogens with zero attached hydrogens (tertiary/aromatic N) is 5. The number of nitrogens with one attached hydrogen (secondary N) is 1. The van der Waals surface area contributed by atoms with Crippen LogP contribution in [0.5, 0.6) is 0 Å². The van der Waals surface area contributed by atoms with Gasteiger partial charge in [-0.1, -0.05) is 6.07 Å². The van der Waals surface area contributed by atoms with E-state index in [-0.39, 0.29) is 18.3 Å². The minimum Gasteiger partial charge on any atom is -0.440 e. The Balaban J connectivity index is 1.50. The summed E-state index contributed by atoms with van der Waals surface area (Å²) in [4.78, 5) is 25.7. The number of carbonyl (C=O) groups is 1. The van der Waals surface area contributed by atoms with Crippen molar-refractivity contribution in [1.29, 1.82) is 0 Å². The fourth-order valence-corrected chi connectivity index (χ4v) is 2.85. The first-order valence-corrected chi connectivity index (χ1v) is 8.04. The van der Waals surface area contributed by atoms with Gasteiger partial charge in [-0.25, -0.2) is 14.5 Å². The van der Waals surface area contributed by atoms with Crippen LogP contribution in [0.1, 0.15) is 11.5 Å². The molecule has 24 heavy (non-hydrogen) atoms. The summed E-state index contributed by atoms with van der Waals surface area (Å²) < 4.78 is 7.12. The molecule has 0 saturated heterocycles. The Bertz CT molecular complexity index is 971. The van der Waals surface area contributed by atoms with Gasteiger partial charge in [0.1, 0.15) is 5.76 Å². The zero-order valence-corrected chi connectivity index (χ0v) is 13.4. The Labute approximate surface area is 140 Å². The molecule has 1 N–H and O–H groups in total. The van der Waals surface area contributed by atoms with Gasteiger partial charge in [-0.3, -0.25) is 10.1 Å². The molecule has 0 spiro atoms. The molecule has 4 rings (SSSR count). The molecule has 1 amide bonds. The molecule has 0 saturated carbocycles. The Morgan fingerprint density at radius 3 is 3.08 bits per heavy atom. The second-order valence-corrected chi connectivity index (χ2v) is 5.97. The van der Waals surface area contributed by atoms with E-state index in [1.54, 1.807) is 25.4 Å². The highest BCUT2D eigenvalue weighted by Gasteiger charge is 2.16. The predicted octanol–water partition coefficient (Wildman–Crippen LogP) is 2.33. The smallest absolute Gasteiger partial charge is 0.253 e. The molecule has 120 valence electrons. The third-order valence-corrected chi connectivity index (χ3v) is 4.18. The lowest BCUT2D eigenvalue weighted by atomic mass is 10.2. The van der Waals surface area contributed by atoms with Crippen molar-refractivity contribution in [3.8, 4) is 10.8 Å². The SMILES string of the molecule is Cc1oc(-c2cccs2)nc1CC(=O)Nc1nc2ncccn2n1. The molecule has 4 aromatic heterocycles.